The first-order valence-corrected chi connectivity index (χ1v) is 10.0. The number of methoxy groups -OCH3 is 1. The molecule has 0 aliphatic carbocycles. The molecule has 0 atom stereocenters. The maximum absolute atomic E-state index is 13.2. The van der Waals surface area contributed by atoms with Gasteiger partial charge in [-0.05, 0) is 60.0 Å². The molecule has 2 aliphatic heterocycles. The van der Waals surface area contributed by atoms with E-state index in [0.717, 1.165) is 22.6 Å². The first-order chi connectivity index (χ1) is 15.0. The van der Waals surface area contributed by atoms with Gasteiger partial charge in [-0.3, -0.25) is 19.3 Å². The number of fused-ring (bicyclic) bond motifs is 2. The van der Waals surface area contributed by atoms with Crippen molar-refractivity contribution in [3.05, 3.63) is 88.4 Å². The molecule has 156 valence electrons. The zero-order valence-electron chi connectivity index (χ0n) is 17.0. The zero-order chi connectivity index (χ0) is 21.5. The van der Waals surface area contributed by atoms with Crippen molar-refractivity contribution in [1.82, 2.24) is 9.80 Å². The molecule has 3 heterocycles. The molecule has 7 nitrogen and oxygen atoms in total. The van der Waals surface area contributed by atoms with Crippen LogP contribution in [0.3, 0.4) is 0 Å². The van der Waals surface area contributed by atoms with E-state index in [0.29, 0.717) is 30.0 Å². The standard InChI is InChI=1S/C24H20N2O5/c1-30-18-6-4-15-8-9-25(13-17(15)11-18)22(27)16-5-7-20-21(12-16)24(29)26(23(20)28)14-19-3-2-10-31-19/h2-7,10-12H,8-9,13-14H2,1H3. The van der Waals surface area contributed by atoms with Crippen LogP contribution >= 0.6 is 0 Å². The molecule has 1 aromatic heterocycles. The molecule has 0 saturated carbocycles. The number of hydrogen-bond acceptors (Lipinski definition) is 5. The summed E-state index contributed by atoms with van der Waals surface area (Å²) < 4.78 is 10.6. The summed E-state index contributed by atoms with van der Waals surface area (Å²) in [6.45, 7) is 1.13. The molecule has 5 rings (SSSR count). The van der Waals surface area contributed by atoms with E-state index in [1.54, 1.807) is 36.3 Å². The van der Waals surface area contributed by atoms with E-state index in [9.17, 15) is 14.4 Å². The van der Waals surface area contributed by atoms with Gasteiger partial charge in [0.1, 0.15) is 11.5 Å². The Balaban J connectivity index is 1.38. The highest BCUT2D eigenvalue weighted by Gasteiger charge is 2.37. The van der Waals surface area contributed by atoms with Crippen LogP contribution in [0, 0.1) is 0 Å². The van der Waals surface area contributed by atoms with E-state index in [-0.39, 0.29) is 23.9 Å². The Morgan fingerprint density at radius 3 is 2.65 bits per heavy atom. The average Bonchev–Trinajstić information content (AvgIpc) is 3.40. The molecule has 0 N–H and O–H groups in total. The molecule has 0 radical (unpaired) electrons. The highest BCUT2D eigenvalue weighted by Crippen LogP contribution is 2.28. The second-order valence-electron chi connectivity index (χ2n) is 7.65. The molecule has 3 amide bonds. The fourth-order valence-corrected chi connectivity index (χ4v) is 4.14. The van der Waals surface area contributed by atoms with Gasteiger partial charge in [0.2, 0.25) is 0 Å². The molecule has 0 saturated heterocycles. The number of furan rings is 1. The highest BCUT2D eigenvalue weighted by atomic mass is 16.5. The zero-order valence-corrected chi connectivity index (χ0v) is 17.0. The van der Waals surface area contributed by atoms with Crippen molar-refractivity contribution in [2.75, 3.05) is 13.7 Å². The van der Waals surface area contributed by atoms with Crippen LogP contribution in [0.25, 0.3) is 0 Å². The van der Waals surface area contributed by atoms with Crippen LogP contribution < -0.4 is 4.74 Å². The highest BCUT2D eigenvalue weighted by molar-refractivity contribution is 6.22. The molecule has 0 fully saturated rings. The molecule has 2 aliphatic rings. The van der Waals surface area contributed by atoms with Crippen molar-refractivity contribution >= 4 is 17.7 Å². The molecule has 0 spiro atoms. The van der Waals surface area contributed by atoms with Crippen molar-refractivity contribution < 1.29 is 23.5 Å². The quantitative estimate of drug-likeness (QED) is 0.610. The summed E-state index contributed by atoms with van der Waals surface area (Å²) in [5.41, 5.74) is 3.21. The van der Waals surface area contributed by atoms with E-state index in [4.69, 9.17) is 9.15 Å². The first kappa shape index (κ1) is 19.1. The maximum atomic E-state index is 13.2. The first-order valence-electron chi connectivity index (χ1n) is 10.0. The van der Waals surface area contributed by atoms with Crippen LogP contribution in [-0.4, -0.2) is 41.2 Å². The number of nitrogens with zero attached hydrogens (tertiary/aromatic N) is 2. The van der Waals surface area contributed by atoms with Gasteiger partial charge in [0.05, 0.1) is 31.0 Å². The number of ether oxygens (including phenoxy) is 1. The van der Waals surface area contributed by atoms with E-state index in [1.165, 1.54) is 17.9 Å². The lowest BCUT2D eigenvalue weighted by molar-refractivity contribution is 0.0631. The fourth-order valence-electron chi connectivity index (χ4n) is 4.14. The van der Waals surface area contributed by atoms with Crippen molar-refractivity contribution in [3.63, 3.8) is 0 Å². The lowest BCUT2D eigenvalue weighted by Gasteiger charge is -2.29. The summed E-state index contributed by atoms with van der Waals surface area (Å²) >= 11 is 0. The van der Waals surface area contributed by atoms with Gasteiger partial charge >= 0.3 is 0 Å². The van der Waals surface area contributed by atoms with Gasteiger partial charge in [-0.15, -0.1) is 0 Å². The Labute approximate surface area is 178 Å². The average molecular weight is 416 g/mol. The van der Waals surface area contributed by atoms with E-state index in [2.05, 4.69) is 0 Å². The summed E-state index contributed by atoms with van der Waals surface area (Å²) in [5, 5.41) is 0. The molecular weight excluding hydrogens is 396 g/mol. The van der Waals surface area contributed by atoms with Crippen LogP contribution in [0.15, 0.2) is 59.2 Å². The van der Waals surface area contributed by atoms with Crippen molar-refractivity contribution in [2.45, 2.75) is 19.5 Å². The predicted octanol–water partition coefficient (Wildman–Crippen LogP) is 3.28. The Morgan fingerprint density at radius 2 is 1.87 bits per heavy atom. The minimum Gasteiger partial charge on any atom is -0.497 e. The number of imide groups is 1. The minimum absolute atomic E-state index is 0.0629. The third kappa shape index (κ3) is 3.28. The number of amides is 3. The van der Waals surface area contributed by atoms with Gasteiger partial charge in [0.25, 0.3) is 17.7 Å². The molecule has 0 unspecified atom stereocenters. The lowest BCUT2D eigenvalue weighted by Crippen LogP contribution is -2.36. The number of hydrogen-bond donors (Lipinski definition) is 0. The van der Waals surface area contributed by atoms with Gasteiger partial charge in [-0.2, -0.15) is 0 Å². The van der Waals surface area contributed by atoms with E-state index >= 15 is 0 Å². The fraction of sp³-hybridized carbons (Fsp3) is 0.208. The van der Waals surface area contributed by atoms with Gasteiger partial charge in [-0.25, -0.2) is 0 Å². The molecule has 3 aromatic rings. The van der Waals surface area contributed by atoms with Gasteiger partial charge < -0.3 is 14.1 Å². The van der Waals surface area contributed by atoms with Crippen LogP contribution in [0.4, 0.5) is 0 Å². The van der Waals surface area contributed by atoms with Crippen molar-refractivity contribution in [1.29, 1.82) is 0 Å². The summed E-state index contributed by atoms with van der Waals surface area (Å²) in [7, 11) is 1.62. The molecule has 31 heavy (non-hydrogen) atoms. The summed E-state index contributed by atoms with van der Waals surface area (Å²) in [4.78, 5) is 41.6. The van der Waals surface area contributed by atoms with Gasteiger partial charge in [-0.1, -0.05) is 6.07 Å². The van der Waals surface area contributed by atoms with Crippen LogP contribution in [0.1, 0.15) is 48.0 Å². The Bertz CT molecular complexity index is 1200. The topological polar surface area (TPSA) is 80.1 Å². The third-order valence-electron chi connectivity index (χ3n) is 5.82. The summed E-state index contributed by atoms with van der Waals surface area (Å²) in [6.07, 6.45) is 2.25. The van der Waals surface area contributed by atoms with E-state index < -0.39 is 5.91 Å². The van der Waals surface area contributed by atoms with E-state index in [1.807, 2.05) is 18.2 Å². The maximum Gasteiger partial charge on any atom is 0.261 e. The SMILES string of the molecule is COc1ccc2c(c1)CN(C(=O)c1ccc3c(c1)C(=O)N(Cc1ccco1)C3=O)CC2. The Hall–Kier alpha value is -3.87. The largest absolute Gasteiger partial charge is 0.497 e. The number of carbonyl (C=O) groups is 3. The van der Waals surface area contributed by atoms with Crippen molar-refractivity contribution in [3.8, 4) is 5.75 Å². The summed E-state index contributed by atoms with van der Waals surface area (Å²) in [5.74, 6) is 0.315. The minimum atomic E-state index is -0.417. The van der Waals surface area contributed by atoms with Gasteiger partial charge in [0.15, 0.2) is 0 Å². The molecule has 0 bridgehead atoms. The normalized spacial score (nSPS) is 15.1. The second-order valence-corrected chi connectivity index (χ2v) is 7.65. The lowest BCUT2D eigenvalue weighted by atomic mass is 9.98. The number of carbonyl (C=O) groups excluding carboxylic acids is 3. The van der Waals surface area contributed by atoms with Gasteiger partial charge in [0, 0.05) is 18.7 Å². The summed E-state index contributed by atoms with van der Waals surface area (Å²) in [6, 6.07) is 14.0. The Kier molecular flexibility index (Phi) is 4.58. The molecular formula is C24H20N2O5. The predicted molar refractivity (Wildman–Crippen MR) is 111 cm³/mol. The van der Waals surface area contributed by atoms with Crippen molar-refractivity contribution in [2.24, 2.45) is 0 Å². The molecule has 7 heteroatoms. The van der Waals surface area contributed by atoms with Crippen LogP contribution in [-0.2, 0) is 19.5 Å². The second kappa shape index (κ2) is 7.43. The van der Waals surface area contributed by atoms with Crippen LogP contribution in [0.5, 0.6) is 5.75 Å². The van der Waals surface area contributed by atoms with Crippen LogP contribution in [0.2, 0.25) is 0 Å². The molecule has 2 aromatic carbocycles. The monoisotopic (exact) mass is 416 g/mol. The number of benzene rings is 2. The Morgan fingerprint density at radius 1 is 1.03 bits per heavy atom. The third-order valence-corrected chi connectivity index (χ3v) is 5.82. The number of rotatable bonds is 4. The smallest absolute Gasteiger partial charge is 0.261 e.